The molecule has 8 heteroatoms. The molecule has 144 valence electrons. The van der Waals surface area contributed by atoms with Gasteiger partial charge in [0, 0.05) is 5.56 Å². The summed E-state index contributed by atoms with van der Waals surface area (Å²) < 4.78 is 10.7. The summed E-state index contributed by atoms with van der Waals surface area (Å²) in [5.41, 5.74) is 4.04. The van der Waals surface area contributed by atoms with E-state index in [1.54, 1.807) is 37.6 Å². The highest BCUT2D eigenvalue weighted by molar-refractivity contribution is 5.80. The van der Waals surface area contributed by atoms with Crippen molar-refractivity contribution in [1.29, 1.82) is 0 Å². The second-order valence-corrected chi connectivity index (χ2v) is 6.19. The number of aromatic amines is 1. The van der Waals surface area contributed by atoms with Crippen molar-refractivity contribution in [2.75, 3.05) is 12.5 Å². The van der Waals surface area contributed by atoms with Crippen molar-refractivity contribution in [2.45, 2.75) is 20.0 Å². The summed E-state index contributed by atoms with van der Waals surface area (Å²) in [5.74, 6) is 1.65. The van der Waals surface area contributed by atoms with E-state index in [0.717, 1.165) is 11.3 Å². The summed E-state index contributed by atoms with van der Waals surface area (Å²) >= 11 is 0. The van der Waals surface area contributed by atoms with Crippen molar-refractivity contribution in [3.05, 3.63) is 64.4 Å². The van der Waals surface area contributed by atoms with Gasteiger partial charge in [0.1, 0.15) is 11.5 Å². The molecule has 0 unspecified atom stereocenters. The lowest BCUT2D eigenvalue weighted by molar-refractivity contribution is 0.242. The zero-order valence-electron chi connectivity index (χ0n) is 15.8. The van der Waals surface area contributed by atoms with Gasteiger partial charge in [0.05, 0.1) is 19.4 Å². The van der Waals surface area contributed by atoms with E-state index in [1.165, 1.54) is 0 Å². The van der Waals surface area contributed by atoms with Crippen LogP contribution in [0.2, 0.25) is 0 Å². The number of hydrogen-bond donors (Lipinski definition) is 2. The fraction of sp³-hybridized carbons (Fsp3) is 0.200. The van der Waals surface area contributed by atoms with Gasteiger partial charge in [-0.15, -0.1) is 10.2 Å². The molecule has 0 saturated heterocycles. The SMILES string of the molecule is COc1ccc(-c2nnc(N/N=C/c3ccc(OC(C)C)cc3)[nH]c2=O)cc1. The van der Waals surface area contributed by atoms with Crippen LogP contribution in [0, 0.1) is 0 Å². The van der Waals surface area contributed by atoms with Crippen LogP contribution >= 0.6 is 0 Å². The van der Waals surface area contributed by atoms with E-state index in [4.69, 9.17) is 9.47 Å². The zero-order valence-corrected chi connectivity index (χ0v) is 15.8. The summed E-state index contributed by atoms with van der Waals surface area (Å²) in [7, 11) is 1.58. The molecule has 0 bridgehead atoms. The van der Waals surface area contributed by atoms with Crippen molar-refractivity contribution >= 4 is 12.2 Å². The molecule has 0 atom stereocenters. The molecule has 0 saturated carbocycles. The summed E-state index contributed by atoms with van der Waals surface area (Å²) in [5, 5.41) is 12.0. The fourth-order valence-corrected chi connectivity index (χ4v) is 2.40. The second-order valence-electron chi connectivity index (χ2n) is 6.19. The van der Waals surface area contributed by atoms with Gasteiger partial charge in [0.15, 0.2) is 5.69 Å². The molecule has 0 amide bonds. The highest BCUT2D eigenvalue weighted by Gasteiger charge is 2.07. The molecular weight excluding hydrogens is 358 g/mol. The molecule has 0 aliphatic heterocycles. The van der Waals surface area contributed by atoms with Gasteiger partial charge in [-0.05, 0) is 67.9 Å². The Morgan fingerprint density at radius 3 is 2.32 bits per heavy atom. The van der Waals surface area contributed by atoms with Gasteiger partial charge in [0.2, 0.25) is 5.95 Å². The Bertz CT molecular complexity index is 996. The first kappa shape index (κ1) is 19.1. The number of ether oxygens (including phenoxy) is 2. The number of anilines is 1. The number of aromatic nitrogens is 3. The van der Waals surface area contributed by atoms with Crippen LogP contribution in [0.25, 0.3) is 11.3 Å². The van der Waals surface area contributed by atoms with E-state index in [1.807, 2.05) is 38.1 Å². The maximum absolute atomic E-state index is 12.3. The predicted octanol–water partition coefficient (Wildman–Crippen LogP) is 3.07. The minimum Gasteiger partial charge on any atom is -0.497 e. The Labute approximate surface area is 162 Å². The number of benzene rings is 2. The average Bonchev–Trinajstić information content (AvgIpc) is 2.69. The Hall–Kier alpha value is -3.68. The van der Waals surface area contributed by atoms with Crippen LogP contribution < -0.4 is 20.5 Å². The number of methoxy groups -OCH3 is 1. The predicted molar refractivity (Wildman–Crippen MR) is 108 cm³/mol. The highest BCUT2D eigenvalue weighted by atomic mass is 16.5. The molecule has 0 aliphatic carbocycles. The van der Waals surface area contributed by atoms with Gasteiger partial charge >= 0.3 is 0 Å². The Morgan fingerprint density at radius 1 is 1.04 bits per heavy atom. The third-order valence-corrected chi connectivity index (χ3v) is 3.70. The lowest BCUT2D eigenvalue weighted by atomic mass is 10.1. The number of rotatable bonds is 7. The first-order valence-electron chi connectivity index (χ1n) is 8.72. The van der Waals surface area contributed by atoms with Crippen molar-refractivity contribution in [3.8, 4) is 22.8 Å². The van der Waals surface area contributed by atoms with Gasteiger partial charge in [-0.3, -0.25) is 9.78 Å². The lowest BCUT2D eigenvalue weighted by Gasteiger charge is -2.09. The first-order chi connectivity index (χ1) is 13.5. The third kappa shape index (κ3) is 4.94. The minimum absolute atomic E-state index is 0.123. The van der Waals surface area contributed by atoms with Crippen molar-refractivity contribution in [2.24, 2.45) is 5.10 Å². The molecule has 2 N–H and O–H groups in total. The van der Waals surface area contributed by atoms with E-state index in [-0.39, 0.29) is 23.3 Å². The van der Waals surface area contributed by atoms with Crippen LogP contribution in [-0.4, -0.2) is 34.6 Å². The Kier molecular flexibility index (Phi) is 6.01. The minimum atomic E-state index is -0.368. The van der Waals surface area contributed by atoms with Crippen LogP contribution in [0.15, 0.2) is 58.4 Å². The molecule has 0 fully saturated rings. The number of hydrazone groups is 1. The normalized spacial score (nSPS) is 11.0. The number of H-pyrrole nitrogens is 1. The van der Waals surface area contributed by atoms with Crippen LogP contribution in [0.3, 0.4) is 0 Å². The number of nitrogens with one attached hydrogen (secondary N) is 2. The van der Waals surface area contributed by atoms with E-state index in [0.29, 0.717) is 11.3 Å². The van der Waals surface area contributed by atoms with E-state index in [2.05, 4.69) is 25.7 Å². The smallest absolute Gasteiger partial charge is 0.279 e. The highest BCUT2D eigenvalue weighted by Crippen LogP contribution is 2.17. The molecule has 28 heavy (non-hydrogen) atoms. The molecule has 1 heterocycles. The fourth-order valence-electron chi connectivity index (χ4n) is 2.40. The zero-order chi connectivity index (χ0) is 19.9. The topological polar surface area (TPSA) is 101 Å². The van der Waals surface area contributed by atoms with E-state index in [9.17, 15) is 4.79 Å². The van der Waals surface area contributed by atoms with Gasteiger partial charge < -0.3 is 9.47 Å². The molecule has 0 radical (unpaired) electrons. The molecule has 3 aromatic rings. The molecule has 2 aromatic carbocycles. The summed E-state index contributed by atoms with van der Waals surface area (Å²) in [6, 6.07) is 14.5. The van der Waals surface area contributed by atoms with Crippen molar-refractivity contribution in [3.63, 3.8) is 0 Å². The van der Waals surface area contributed by atoms with Crippen molar-refractivity contribution < 1.29 is 9.47 Å². The monoisotopic (exact) mass is 379 g/mol. The van der Waals surface area contributed by atoms with Gasteiger partial charge in [-0.1, -0.05) is 0 Å². The van der Waals surface area contributed by atoms with Gasteiger partial charge in [-0.2, -0.15) is 5.10 Å². The number of nitrogens with zero attached hydrogens (tertiary/aromatic N) is 3. The lowest BCUT2D eigenvalue weighted by Crippen LogP contribution is -2.15. The molecule has 1 aromatic heterocycles. The molecular formula is C20H21N5O3. The van der Waals surface area contributed by atoms with E-state index >= 15 is 0 Å². The average molecular weight is 379 g/mol. The number of hydrogen-bond acceptors (Lipinski definition) is 7. The second kappa shape index (κ2) is 8.81. The quantitative estimate of drug-likeness (QED) is 0.483. The summed E-state index contributed by atoms with van der Waals surface area (Å²) in [6.45, 7) is 3.95. The molecule has 3 rings (SSSR count). The van der Waals surface area contributed by atoms with Crippen molar-refractivity contribution in [1.82, 2.24) is 15.2 Å². The van der Waals surface area contributed by atoms with Crippen LogP contribution in [-0.2, 0) is 0 Å². The van der Waals surface area contributed by atoms with Gasteiger partial charge in [0.25, 0.3) is 5.56 Å². The maximum Gasteiger partial charge on any atom is 0.279 e. The standard InChI is InChI=1S/C20H21N5O3/c1-13(2)28-17-8-4-14(5-9-17)12-21-24-20-22-19(26)18(23-25-20)15-6-10-16(27-3)11-7-15/h4-13H,1-3H3,(H2,22,24,25,26)/b21-12+. The van der Waals surface area contributed by atoms with E-state index < -0.39 is 0 Å². The Morgan fingerprint density at radius 2 is 1.71 bits per heavy atom. The maximum atomic E-state index is 12.3. The third-order valence-electron chi connectivity index (χ3n) is 3.70. The molecule has 0 aliphatic rings. The van der Waals surface area contributed by atoms with Crippen LogP contribution in [0.4, 0.5) is 5.95 Å². The summed E-state index contributed by atoms with van der Waals surface area (Å²) in [6.07, 6.45) is 1.73. The summed E-state index contributed by atoms with van der Waals surface area (Å²) in [4.78, 5) is 14.9. The van der Waals surface area contributed by atoms with Gasteiger partial charge in [-0.25, -0.2) is 5.43 Å². The largest absolute Gasteiger partial charge is 0.497 e. The Balaban J connectivity index is 1.65. The van der Waals surface area contributed by atoms with Crippen LogP contribution in [0.1, 0.15) is 19.4 Å². The molecule has 8 nitrogen and oxygen atoms in total. The first-order valence-corrected chi connectivity index (χ1v) is 8.72. The van der Waals surface area contributed by atoms with Crippen LogP contribution in [0.5, 0.6) is 11.5 Å². The molecule has 0 spiro atoms.